The van der Waals surface area contributed by atoms with Crippen LogP contribution in [0, 0.1) is 6.92 Å². The van der Waals surface area contributed by atoms with E-state index >= 15 is 0 Å². The molecule has 1 amide bonds. The number of hydrogen-bond donors (Lipinski definition) is 2. The summed E-state index contributed by atoms with van der Waals surface area (Å²) in [7, 11) is 1.76. The number of fused-ring (bicyclic) bond motifs is 2. The standard InChI is InChI=1S/C20H19ClN6O2/c1-10-7-12-13(8-11(10)20(29)27-5-3-4-6-27)23-18(22-12)15-16(21)17-14(24-19(15)28)9-26(2)25-17/h7-9H,3-6H2,1-2H3,(H,22,23)(H,24,28). The molecule has 0 unspecified atom stereocenters. The topological polar surface area (TPSA) is 99.7 Å². The van der Waals surface area contributed by atoms with Gasteiger partial charge in [-0.2, -0.15) is 5.10 Å². The van der Waals surface area contributed by atoms with E-state index in [9.17, 15) is 9.59 Å². The largest absolute Gasteiger partial charge is 0.339 e. The van der Waals surface area contributed by atoms with Crippen molar-refractivity contribution in [2.75, 3.05) is 13.1 Å². The Kier molecular flexibility index (Phi) is 3.99. The van der Waals surface area contributed by atoms with Crippen LogP contribution < -0.4 is 5.56 Å². The second kappa shape index (κ2) is 6.45. The van der Waals surface area contributed by atoms with Crippen molar-refractivity contribution in [3.05, 3.63) is 44.8 Å². The highest BCUT2D eigenvalue weighted by atomic mass is 35.5. The molecule has 0 bridgehead atoms. The minimum atomic E-state index is -0.348. The first kappa shape index (κ1) is 17.9. The van der Waals surface area contributed by atoms with Gasteiger partial charge in [0.25, 0.3) is 11.5 Å². The average Bonchev–Trinajstić information content (AvgIpc) is 3.39. The number of likely N-dealkylation sites (tertiary alicyclic amines) is 1. The van der Waals surface area contributed by atoms with Crippen LogP contribution in [0.4, 0.5) is 0 Å². The quantitative estimate of drug-likeness (QED) is 0.530. The molecule has 3 aromatic heterocycles. The highest BCUT2D eigenvalue weighted by molar-refractivity contribution is 6.37. The second-order valence-corrected chi connectivity index (χ2v) is 7.86. The predicted octanol–water partition coefficient (Wildman–Crippen LogP) is 3.00. The van der Waals surface area contributed by atoms with Crippen LogP contribution in [0.1, 0.15) is 28.8 Å². The van der Waals surface area contributed by atoms with Crippen molar-refractivity contribution in [3.8, 4) is 11.4 Å². The van der Waals surface area contributed by atoms with Crippen molar-refractivity contribution < 1.29 is 4.79 Å². The van der Waals surface area contributed by atoms with Crippen molar-refractivity contribution in [1.29, 1.82) is 0 Å². The van der Waals surface area contributed by atoms with Crippen LogP contribution in [0.15, 0.2) is 23.1 Å². The molecule has 0 spiro atoms. The number of halogens is 1. The third-order valence-corrected chi connectivity index (χ3v) is 5.79. The molecule has 8 nitrogen and oxygen atoms in total. The molecule has 148 valence electrons. The Hall–Kier alpha value is -3.13. The summed E-state index contributed by atoms with van der Waals surface area (Å²) in [6.07, 6.45) is 3.78. The number of aromatic amines is 2. The number of benzene rings is 1. The molecule has 2 N–H and O–H groups in total. The van der Waals surface area contributed by atoms with Crippen molar-refractivity contribution in [3.63, 3.8) is 0 Å². The lowest BCUT2D eigenvalue weighted by Crippen LogP contribution is -2.28. The lowest BCUT2D eigenvalue weighted by molar-refractivity contribution is 0.0792. The summed E-state index contributed by atoms with van der Waals surface area (Å²) in [5, 5.41) is 4.56. The average molecular weight is 411 g/mol. The van der Waals surface area contributed by atoms with E-state index in [1.165, 1.54) is 0 Å². The Morgan fingerprint density at radius 2 is 1.93 bits per heavy atom. The lowest BCUT2D eigenvalue weighted by atomic mass is 10.1. The van der Waals surface area contributed by atoms with Crippen molar-refractivity contribution in [2.45, 2.75) is 19.8 Å². The maximum absolute atomic E-state index is 12.9. The highest BCUT2D eigenvalue weighted by Gasteiger charge is 2.23. The summed E-state index contributed by atoms with van der Waals surface area (Å²) >= 11 is 6.50. The molecule has 4 heterocycles. The van der Waals surface area contributed by atoms with Gasteiger partial charge in [0.2, 0.25) is 0 Å². The molecule has 1 aliphatic rings. The first-order chi connectivity index (χ1) is 13.9. The van der Waals surface area contributed by atoms with Gasteiger partial charge in [-0.25, -0.2) is 4.98 Å². The van der Waals surface area contributed by atoms with Crippen LogP contribution in [0.5, 0.6) is 0 Å². The van der Waals surface area contributed by atoms with E-state index in [2.05, 4.69) is 20.1 Å². The van der Waals surface area contributed by atoms with Gasteiger partial charge in [0, 0.05) is 31.9 Å². The van der Waals surface area contributed by atoms with E-state index in [0.717, 1.165) is 31.5 Å². The van der Waals surface area contributed by atoms with Gasteiger partial charge >= 0.3 is 0 Å². The molecular formula is C20H19ClN6O2. The number of carbonyl (C=O) groups excluding carboxylic acids is 1. The van der Waals surface area contributed by atoms with Crippen LogP contribution >= 0.6 is 11.6 Å². The monoisotopic (exact) mass is 410 g/mol. The Bertz CT molecular complexity index is 1340. The molecule has 1 aromatic carbocycles. The highest BCUT2D eigenvalue weighted by Crippen LogP contribution is 2.30. The second-order valence-electron chi connectivity index (χ2n) is 7.48. The number of aryl methyl sites for hydroxylation is 2. The summed E-state index contributed by atoms with van der Waals surface area (Å²) in [6, 6.07) is 3.67. The van der Waals surface area contributed by atoms with E-state index in [1.54, 1.807) is 17.9 Å². The zero-order chi connectivity index (χ0) is 20.3. The van der Waals surface area contributed by atoms with Crippen LogP contribution in [-0.2, 0) is 7.05 Å². The summed E-state index contributed by atoms with van der Waals surface area (Å²) < 4.78 is 1.59. The van der Waals surface area contributed by atoms with Gasteiger partial charge in [0.15, 0.2) is 0 Å². The van der Waals surface area contributed by atoms with E-state index in [1.807, 2.05) is 24.0 Å². The number of rotatable bonds is 2. The summed E-state index contributed by atoms with van der Waals surface area (Å²) in [5.74, 6) is 0.382. The fourth-order valence-corrected chi connectivity index (χ4v) is 4.27. The van der Waals surface area contributed by atoms with Gasteiger partial charge in [-0.1, -0.05) is 11.6 Å². The first-order valence-corrected chi connectivity index (χ1v) is 9.85. The Labute approximate surface area is 170 Å². The maximum Gasteiger partial charge on any atom is 0.261 e. The molecule has 1 fully saturated rings. The number of carbonyl (C=O) groups is 1. The number of amides is 1. The molecular weight excluding hydrogens is 392 g/mol. The summed E-state index contributed by atoms with van der Waals surface area (Å²) in [4.78, 5) is 37.9. The van der Waals surface area contributed by atoms with Crippen molar-refractivity contribution in [1.82, 2.24) is 29.6 Å². The molecule has 1 saturated heterocycles. The molecule has 0 atom stereocenters. The summed E-state index contributed by atoms with van der Waals surface area (Å²) in [6.45, 7) is 3.48. The maximum atomic E-state index is 12.9. The zero-order valence-electron chi connectivity index (χ0n) is 16.0. The van der Waals surface area contributed by atoms with Gasteiger partial charge < -0.3 is 14.9 Å². The molecule has 4 aromatic rings. The SMILES string of the molecule is Cc1cc2nc(-c3c(Cl)c4nn(C)cc4[nH]c3=O)[nH]c2cc1C(=O)N1CCCC1. The Morgan fingerprint density at radius 1 is 1.17 bits per heavy atom. The van der Waals surface area contributed by atoms with Crippen LogP contribution in [0.25, 0.3) is 33.5 Å². The first-order valence-electron chi connectivity index (χ1n) is 9.47. The smallest absolute Gasteiger partial charge is 0.261 e. The molecule has 0 aliphatic carbocycles. The van der Waals surface area contributed by atoms with Gasteiger partial charge in [-0.05, 0) is 37.5 Å². The van der Waals surface area contributed by atoms with E-state index < -0.39 is 0 Å². The van der Waals surface area contributed by atoms with Gasteiger partial charge in [0.05, 0.1) is 21.6 Å². The third-order valence-electron chi connectivity index (χ3n) is 5.42. The number of nitrogens with one attached hydrogen (secondary N) is 2. The number of hydrogen-bond acceptors (Lipinski definition) is 4. The molecule has 29 heavy (non-hydrogen) atoms. The molecule has 0 radical (unpaired) electrons. The van der Waals surface area contributed by atoms with Crippen LogP contribution in [0.3, 0.4) is 0 Å². The predicted molar refractivity (Wildman–Crippen MR) is 111 cm³/mol. The van der Waals surface area contributed by atoms with E-state index in [0.29, 0.717) is 33.5 Å². The fraction of sp³-hybridized carbons (Fsp3) is 0.300. The van der Waals surface area contributed by atoms with Crippen LogP contribution in [0.2, 0.25) is 5.02 Å². The number of H-pyrrole nitrogens is 2. The summed E-state index contributed by atoms with van der Waals surface area (Å²) in [5.41, 5.74) is 3.82. The Balaban J connectivity index is 1.65. The molecule has 5 rings (SSSR count). The van der Waals surface area contributed by atoms with E-state index in [4.69, 9.17) is 11.6 Å². The minimum absolute atomic E-state index is 0.0313. The number of aromatic nitrogens is 5. The van der Waals surface area contributed by atoms with Crippen molar-refractivity contribution in [2.24, 2.45) is 7.05 Å². The Morgan fingerprint density at radius 3 is 2.69 bits per heavy atom. The van der Waals surface area contributed by atoms with Gasteiger partial charge in [-0.15, -0.1) is 0 Å². The number of imidazole rings is 1. The minimum Gasteiger partial charge on any atom is -0.339 e. The van der Waals surface area contributed by atoms with E-state index in [-0.39, 0.29) is 22.1 Å². The van der Waals surface area contributed by atoms with Gasteiger partial charge in [0.1, 0.15) is 16.9 Å². The van der Waals surface area contributed by atoms with Crippen LogP contribution in [-0.4, -0.2) is 48.6 Å². The molecule has 0 saturated carbocycles. The zero-order valence-corrected chi connectivity index (χ0v) is 16.8. The van der Waals surface area contributed by atoms with Gasteiger partial charge in [-0.3, -0.25) is 14.3 Å². The lowest BCUT2D eigenvalue weighted by Gasteiger charge is -2.16. The number of pyridine rings is 1. The van der Waals surface area contributed by atoms with Crippen molar-refractivity contribution >= 4 is 39.6 Å². The molecule has 9 heteroatoms. The normalized spacial score (nSPS) is 14.4. The fourth-order valence-electron chi connectivity index (χ4n) is 3.96. The molecule has 1 aliphatic heterocycles. The number of nitrogens with zero attached hydrogens (tertiary/aromatic N) is 4. The third kappa shape index (κ3) is 2.82.